The zero-order valence-electron chi connectivity index (χ0n) is 22.8. The van der Waals surface area contributed by atoms with Crippen LogP contribution in [0.1, 0.15) is 71.0 Å². The third-order valence-electron chi connectivity index (χ3n) is 6.59. The molecule has 1 amide bonds. The zero-order chi connectivity index (χ0) is 29.6. The van der Waals surface area contributed by atoms with E-state index in [1.54, 1.807) is 25.3 Å². The summed E-state index contributed by atoms with van der Waals surface area (Å²) in [7, 11) is 0. The minimum Gasteiger partial charge on any atom is -0.481 e. The van der Waals surface area contributed by atoms with Gasteiger partial charge in [-0.2, -0.15) is 13.2 Å². The van der Waals surface area contributed by atoms with Gasteiger partial charge in [0.25, 0.3) is 5.91 Å². The maximum Gasteiger partial charge on any atom is 0.416 e. The lowest BCUT2D eigenvalue weighted by Crippen LogP contribution is -2.27. The topological polar surface area (TPSA) is 115 Å². The number of aliphatic carboxylic acids is 1. The summed E-state index contributed by atoms with van der Waals surface area (Å²) in [6, 6.07) is 10.5. The van der Waals surface area contributed by atoms with E-state index in [0.29, 0.717) is 28.3 Å². The van der Waals surface area contributed by atoms with E-state index in [9.17, 15) is 22.8 Å². The van der Waals surface area contributed by atoms with Gasteiger partial charge in [0.1, 0.15) is 5.69 Å². The Hall–Kier alpha value is -4.21. The van der Waals surface area contributed by atoms with E-state index >= 15 is 0 Å². The molecule has 0 bridgehead atoms. The molecule has 3 rings (SSSR count). The molecule has 0 radical (unpaired) electrons. The molecule has 3 aromatic rings. The second-order valence-electron chi connectivity index (χ2n) is 10.1. The number of carboxylic acids is 1. The van der Waals surface area contributed by atoms with Crippen molar-refractivity contribution in [2.24, 2.45) is 5.92 Å². The fourth-order valence-electron chi connectivity index (χ4n) is 4.53. The van der Waals surface area contributed by atoms with E-state index < -0.39 is 23.6 Å². The second kappa shape index (κ2) is 12.8. The Labute approximate surface area is 231 Å². The molecular weight excluding hydrogens is 521 g/mol. The predicted octanol–water partition coefficient (Wildman–Crippen LogP) is 6.79. The Morgan fingerprint density at radius 1 is 1.07 bits per heavy atom. The number of anilines is 1. The molecule has 2 aromatic carbocycles. The maximum absolute atomic E-state index is 13.2. The van der Waals surface area contributed by atoms with Crippen molar-refractivity contribution < 1.29 is 27.9 Å². The minimum atomic E-state index is -4.42. The number of alkyl halides is 3. The monoisotopic (exact) mass is 554 g/mol. The van der Waals surface area contributed by atoms with Crippen molar-refractivity contribution in [2.75, 3.05) is 11.9 Å². The van der Waals surface area contributed by atoms with Crippen LogP contribution in [0.4, 0.5) is 18.9 Å². The average molecular weight is 555 g/mol. The van der Waals surface area contributed by atoms with E-state index in [1.807, 2.05) is 19.1 Å². The van der Waals surface area contributed by atoms with Gasteiger partial charge in [-0.15, -0.1) is 0 Å². The van der Waals surface area contributed by atoms with Gasteiger partial charge in [-0.1, -0.05) is 32.0 Å². The number of carboxylic acid groups (broad SMARTS) is 1. The number of rotatable bonds is 11. The SMILES string of the molecule is Cc1cc(C(F)(F)F)ccc1-c1ccc(NC(CC(C)C)c2ccc(C(=O)NCCC(=O)O)nc2)c(C=N)c1C. The van der Waals surface area contributed by atoms with Gasteiger partial charge >= 0.3 is 12.1 Å². The molecule has 212 valence electrons. The molecule has 1 atom stereocenters. The summed E-state index contributed by atoms with van der Waals surface area (Å²) < 4.78 is 39.5. The number of aryl methyl sites for hydroxylation is 1. The second-order valence-corrected chi connectivity index (χ2v) is 10.1. The maximum atomic E-state index is 13.2. The summed E-state index contributed by atoms with van der Waals surface area (Å²) in [6.07, 6.45) is -1.05. The summed E-state index contributed by atoms with van der Waals surface area (Å²) in [5, 5.41) is 22.9. The highest BCUT2D eigenvalue weighted by Gasteiger charge is 2.31. The number of hydrogen-bond donors (Lipinski definition) is 4. The average Bonchev–Trinajstić information content (AvgIpc) is 2.88. The van der Waals surface area contributed by atoms with Gasteiger partial charge in [0, 0.05) is 30.2 Å². The van der Waals surface area contributed by atoms with Crippen LogP contribution >= 0.6 is 0 Å². The number of aromatic nitrogens is 1. The van der Waals surface area contributed by atoms with Crippen molar-refractivity contribution in [1.82, 2.24) is 10.3 Å². The van der Waals surface area contributed by atoms with Gasteiger partial charge in [0.05, 0.1) is 18.0 Å². The molecule has 0 saturated carbocycles. The number of hydrogen-bond acceptors (Lipinski definition) is 5. The van der Waals surface area contributed by atoms with Crippen LogP contribution in [0.25, 0.3) is 11.1 Å². The lowest BCUT2D eigenvalue weighted by molar-refractivity contribution is -0.138. The van der Waals surface area contributed by atoms with E-state index in [1.165, 1.54) is 12.3 Å². The molecule has 1 heterocycles. The highest BCUT2D eigenvalue weighted by molar-refractivity contribution is 5.93. The van der Waals surface area contributed by atoms with Crippen molar-refractivity contribution in [2.45, 2.75) is 52.8 Å². The van der Waals surface area contributed by atoms with Crippen LogP contribution in [0.2, 0.25) is 0 Å². The van der Waals surface area contributed by atoms with Crippen LogP contribution in [0.3, 0.4) is 0 Å². The molecule has 0 aliphatic heterocycles. The van der Waals surface area contributed by atoms with Crippen molar-refractivity contribution >= 4 is 23.8 Å². The van der Waals surface area contributed by atoms with Gasteiger partial charge in [0.15, 0.2) is 0 Å². The Kier molecular flexibility index (Phi) is 9.68. The smallest absolute Gasteiger partial charge is 0.416 e. The molecule has 0 aliphatic carbocycles. The molecule has 40 heavy (non-hydrogen) atoms. The molecule has 7 nitrogen and oxygen atoms in total. The van der Waals surface area contributed by atoms with Gasteiger partial charge in [0.2, 0.25) is 0 Å². The predicted molar refractivity (Wildman–Crippen MR) is 149 cm³/mol. The Morgan fingerprint density at radius 2 is 1.77 bits per heavy atom. The summed E-state index contributed by atoms with van der Waals surface area (Å²) >= 11 is 0. The van der Waals surface area contributed by atoms with Crippen LogP contribution in [-0.2, 0) is 11.0 Å². The molecule has 0 aliphatic rings. The molecule has 10 heteroatoms. The number of pyridine rings is 1. The van der Waals surface area contributed by atoms with Crippen LogP contribution in [0, 0.1) is 25.2 Å². The molecule has 0 fully saturated rings. The lowest BCUT2D eigenvalue weighted by Gasteiger charge is -2.25. The van der Waals surface area contributed by atoms with Crippen molar-refractivity contribution in [3.05, 3.63) is 82.2 Å². The van der Waals surface area contributed by atoms with Gasteiger partial charge < -0.3 is 21.1 Å². The Balaban J connectivity index is 1.89. The van der Waals surface area contributed by atoms with Crippen molar-refractivity contribution in [3.8, 4) is 11.1 Å². The molecule has 4 N–H and O–H groups in total. The van der Waals surface area contributed by atoms with Crippen LogP contribution in [0.5, 0.6) is 0 Å². The van der Waals surface area contributed by atoms with Crippen LogP contribution in [0.15, 0.2) is 48.7 Å². The van der Waals surface area contributed by atoms with Crippen LogP contribution in [-0.4, -0.2) is 34.7 Å². The number of halogens is 3. The lowest BCUT2D eigenvalue weighted by atomic mass is 9.91. The summed E-state index contributed by atoms with van der Waals surface area (Å²) in [6.45, 7) is 7.64. The fraction of sp³-hybridized carbons (Fsp3) is 0.333. The fourth-order valence-corrected chi connectivity index (χ4v) is 4.53. The third kappa shape index (κ3) is 7.46. The Morgan fingerprint density at radius 3 is 2.33 bits per heavy atom. The van der Waals surface area contributed by atoms with Gasteiger partial charge in [-0.25, -0.2) is 0 Å². The molecule has 1 aromatic heterocycles. The standard InChI is InChI=1S/C30H33F3N4O3/c1-17(2)13-27(20-5-9-26(36-16-20)29(40)35-12-11-28(38)39)37-25-10-8-23(19(4)24(25)15-34)22-7-6-21(14-18(22)3)30(31,32)33/h5-10,14-17,27,34,37H,11-13H2,1-4H3,(H,35,40)(H,38,39). The summed E-state index contributed by atoms with van der Waals surface area (Å²) in [4.78, 5) is 27.2. The zero-order valence-corrected chi connectivity index (χ0v) is 22.8. The van der Waals surface area contributed by atoms with Crippen molar-refractivity contribution in [1.29, 1.82) is 5.41 Å². The first kappa shape index (κ1) is 30.3. The van der Waals surface area contributed by atoms with E-state index in [2.05, 4.69) is 29.5 Å². The summed E-state index contributed by atoms with van der Waals surface area (Å²) in [5.74, 6) is -1.17. The highest BCUT2D eigenvalue weighted by Crippen LogP contribution is 2.37. The first-order chi connectivity index (χ1) is 18.8. The number of nitrogens with zero attached hydrogens (tertiary/aromatic N) is 1. The van der Waals surface area contributed by atoms with Crippen LogP contribution < -0.4 is 10.6 Å². The van der Waals surface area contributed by atoms with E-state index in [0.717, 1.165) is 35.2 Å². The molecule has 0 spiro atoms. The van der Waals surface area contributed by atoms with E-state index in [4.69, 9.17) is 10.5 Å². The normalized spacial score (nSPS) is 12.2. The number of carbonyl (C=O) groups is 2. The molecule has 0 saturated heterocycles. The number of amides is 1. The third-order valence-corrected chi connectivity index (χ3v) is 6.59. The number of benzene rings is 2. The quantitative estimate of drug-likeness (QED) is 0.195. The van der Waals surface area contributed by atoms with Gasteiger partial charge in [-0.05, 0) is 78.3 Å². The van der Waals surface area contributed by atoms with E-state index in [-0.39, 0.29) is 24.7 Å². The number of nitrogens with one attached hydrogen (secondary N) is 3. The van der Waals surface area contributed by atoms with Crippen molar-refractivity contribution in [3.63, 3.8) is 0 Å². The first-order valence-corrected chi connectivity index (χ1v) is 12.9. The summed E-state index contributed by atoms with van der Waals surface area (Å²) in [5.41, 5.74) is 4.27. The highest BCUT2D eigenvalue weighted by atomic mass is 19.4. The largest absolute Gasteiger partial charge is 0.481 e. The Bertz CT molecular complexity index is 1390. The first-order valence-electron chi connectivity index (χ1n) is 12.9. The van der Waals surface area contributed by atoms with Gasteiger partial charge in [-0.3, -0.25) is 14.6 Å². The minimum absolute atomic E-state index is 0.00285. The number of carbonyl (C=O) groups excluding carboxylic acids is 1. The molecule has 1 unspecified atom stereocenters. The molecular formula is C30H33F3N4O3.